The van der Waals surface area contributed by atoms with Crippen LogP contribution in [0, 0.1) is 0 Å². The lowest BCUT2D eigenvalue weighted by molar-refractivity contribution is 0.399. The summed E-state index contributed by atoms with van der Waals surface area (Å²) in [7, 11) is 3.43. The molecule has 3 rings (SSSR count). The fourth-order valence-corrected chi connectivity index (χ4v) is 2.90. The molecule has 102 valence electrons. The second-order valence-corrected chi connectivity index (χ2v) is 5.22. The van der Waals surface area contributed by atoms with E-state index in [4.69, 9.17) is 10.5 Å². The fourth-order valence-electron chi connectivity index (χ4n) is 2.12. The van der Waals surface area contributed by atoms with Crippen LogP contribution in [0.1, 0.15) is 0 Å². The highest BCUT2D eigenvalue weighted by atomic mass is 32.1. The molecular weight excluding hydrogens is 272 g/mol. The van der Waals surface area contributed by atoms with Crippen LogP contribution in [0.5, 0.6) is 5.88 Å². The zero-order chi connectivity index (χ0) is 14.1. The second-order valence-electron chi connectivity index (χ2n) is 4.27. The van der Waals surface area contributed by atoms with E-state index in [1.807, 2.05) is 36.7 Å². The van der Waals surface area contributed by atoms with Crippen molar-refractivity contribution in [3.8, 4) is 27.6 Å². The molecule has 0 saturated carbocycles. The van der Waals surface area contributed by atoms with E-state index in [0.29, 0.717) is 11.7 Å². The molecule has 0 radical (unpaired) electrons. The third-order valence-electron chi connectivity index (χ3n) is 3.08. The number of pyridine rings is 1. The van der Waals surface area contributed by atoms with E-state index in [0.717, 1.165) is 21.7 Å². The third-order valence-corrected chi connectivity index (χ3v) is 3.97. The lowest BCUT2D eigenvalue weighted by Crippen LogP contribution is -1.97. The Balaban J connectivity index is 2.27. The van der Waals surface area contributed by atoms with E-state index < -0.39 is 0 Å². The van der Waals surface area contributed by atoms with Crippen molar-refractivity contribution in [2.24, 2.45) is 7.05 Å². The van der Waals surface area contributed by atoms with Crippen molar-refractivity contribution in [1.29, 1.82) is 0 Å². The molecule has 3 aromatic rings. The summed E-state index contributed by atoms with van der Waals surface area (Å²) in [6.45, 7) is 0. The van der Waals surface area contributed by atoms with Crippen molar-refractivity contribution < 1.29 is 4.74 Å². The SMILES string of the molecule is COc1ncccc1-c1nn(C)c(N)c1-c1cccs1. The zero-order valence-electron chi connectivity index (χ0n) is 11.2. The molecule has 0 aliphatic rings. The first-order valence-corrected chi connectivity index (χ1v) is 6.96. The molecule has 3 heterocycles. The molecule has 0 bridgehead atoms. The number of thiophene rings is 1. The van der Waals surface area contributed by atoms with Gasteiger partial charge in [0, 0.05) is 18.1 Å². The van der Waals surface area contributed by atoms with Gasteiger partial charge in [0.05, 0.1) is 18.2 Å². The first kappa shape index (κ1) is 12.7. The summed E-state index contributed by atoms with van der Waals surface area (Å²) < 4.78 is 7.00. The minimum absolute atomic E-state index is 0.545. The van der Waals surface area contributed by atoms with Gasteiger partial charge in [0.2, 0.25) is 5.88 Å². The average molecular weight is 286 g/mol. The quantitative estimate of drug-likeness (QED) is 0.804. The summed E-state index contributed by atoms with van der Waals surface area (Å²) in [5.41, 5.74) is 8.72. The lowest BCUT2D eigenvalue weighted by Gasteiger charge is -2.06. The molecule has 0 aliphatic heterocycles. The van der Waals surface area contributed by atoms with E-state index in [-0.39, 0.29) is 0 Å². The number of ether oxygens (including phenoxy) is 1. The molecule has 2 N–H and O–H groups in total. The summed E-state index contributed by atoms with van der Waals surface area (Å²) in [4.78, 5) is 5.31. The lowest BCUT2D eigenvalue weighted by atomic mass is 10.1. The summed E-state index contributed by atoms with van der Waals surface area (Å²) in [6.07, 6.45) is 1.69. The number of nitrogens with two attached hydrogens (primary N) is 1. The smallest absolute Gasteiger partial charge is 0.222 e. The Bertz CT molecular complexity index is 734. The van der Waals surface area contributed by atoms with Crippen LogP contribution in [0.3, 0.4) is 0 Å². The molecule has 0 unspecified atom stereocenters. The Morgan fingerprint density at radius 1 is 1.30 bits per heavy atom. The van der Waals surface area contributed by atoms with Crippen LogP contribution in [0.25, 0.3) is 21.7 Å². The summed E-state index contributed by atoms with van der Waals surface area (Å²) >= 11 is 1.63. The maximum absolute atomic E-state index is 6.17. The van der Waals surface area contributed by atoms with E-state index in [1.165, 1.54) is 0 Å². The highest BCUT2D eigenvalue weighted by molar-refractivity contribution is 7.13. The van der Waals surface area contributed by atoms with Crippen LogP contribution < -0.4 is 10.5 Å². The molecule has 0 saturated heterocycles. The van der Waals surface area contributed by atoms with E-state index >= 15 is 0 Å². The van der Waals surface area contributed by atoms with Crippen molar-refractivity contribution in [2.75, 3.05) is 12.8 Å². The van der Waals surface area contributed by atoms with Gasteiger partial charge in [-0.1, -0.05) is 6.07 Å². The highest BCUT2D eigenvalue weighted by Gasteiger charge is 2.20. The molecule has 0 atom stereocenters. The first-order chi connectivity index (χ1) is 9.72. The Hall–Kier alpha value is -2.34. The summed E-state index contributed by atoms with van der Waals surface area (Å²) in [5.74, 6) is 1.18. The van der Waals surface area contributed by atoms with Crippen LogP contribution in [0.4, 0.5) is 5.82 Å². The van der Waals surface area contributed by atoms with Gasteiger partial charge in [0.15, 0.2) is 0 Å². The fraction of sp³-hybridized carbons (Fsp3) is 0.143. The zero-order valence-corrected chi connectivity index (χ0v) is 12.0. The van der Waals surface area contributed by atoms with Gasteiger partial charge in [0.25, 0.3) is 0 Å². The van der Waals surface area contributed by atoms with Crippen molar-refractivity contribution in [3.05, 3.63) is 35.8 Å². The Morgan fingerprint density at radius 2 is 2.15 bits per heavy atom. The van der Waals surface area contributed by atoms with Crippen molar-refractivity contribution in [3.63, 3.8) is 0 Å². The van der Waals surface area contributed by atoms with Gasteiger partial charge < -0.3 is 10.5 Å². The molecule has 20 heavy (non-hydrogen) atoms. The summed E-state index contributed by atoms with van der Waals surface area (Å²) in [6, 6.07) is 7.83. The molecule has 0 aliphatic carbocycles. The number of hydrogen-bond acceptors (Lipinski definition) is 5. The molecule has 0 spiro atoms. The molecule has 0 fully saturated rings. The monoisotopic (exact) mass is 286 g/mol. The van der Waals surface area contributed by atoms with Crippen molar-refractivity contribution in [1.82, 2.24) is 14.8 Å². The molecule has 6 heteroatoms. The predicted octanol–water partition coefficient (Wildman–Crippen LogP) is 2.80. The largest absolute Gasteiger partial charge is 0.481 e. The Labute approximate surface area is 120 Å². The summed E-state index contributed by atoms with van der Waals surface area (Å²) in [5, 5.41) is 6.54. The van der Waals surface area contributed by atoms with Gasteiger partial charge in [-0.15, -0.1) is 11.3 Å². The molecule has 5 nitrogen and oxygen atoms in total. The Morgan fingerprint density at radius 3 is 2.85 bits per heavy atom. The third kappa shape index (κ3) is 1.94. The molecule has 3 aromatic heterocycles. The highest BCUT2D eigenvalue weighted by Crippen LogP contribution is 2.40. The van der Waals surface area contributed by atoms with Crippen molar-refractivity contribution in [2.45, 2.75) is 0 Å². The number of hydrogen-bond donors (Lipinski definition) is 1. The number of nitrogen functional groups attached to an aromatic ring is 1. The number of rotatable bonds is 3. The molecular formula is C14H14N4OS. The normalized spacial score (nSPS) is 10.7. The maximum Gasteiger partial charge on any atom is 0.222 e. The van der Waals surface area contributed by atoms with Gasteiger partial charge in [-0.2, -0.15) is 5.10 Å². The number of aryl methyl sites for hydroxylation is 1. The van der Waals surface area contributed by atoms with Crippen LogP contribution in [0.15, 0.2) is 35.8 Å². The topological polar surface area (TPSA) is 66.0 Å². The van der Waals surface area contributed by atoms with Gasteiger partial charge in [-0.3, -0.25) is 4.68 Å². The van der Waals surface area contributed by atoms with Gasteiger partial charge in [0.1, 0.15) is 11.5 Å². The molecule has 0 aromatic carbocycles. The Kier molecular flexibility index (Phi) is 3.15. The van der Waals surface area contributed by atoms with Gasteiger partial charge >= 0.3 is 0 Å². The standard InChI is InChI=1S/C14H14N4OS/c1-18-13(15)11(10-6-4-8-20-10)12(17-18)9-5-3-7-16-14(9)19-2/h3-8H,15H2,1-2H3. The van der Waals surface area contributed by atoms with Crippen LogP contribution >= 0.6 is 11.3 Å². The minimum atomic E-state index is 0.545. The maximum atomic E-state index is 6.17. The van der Waals surface area contributed by atoms with Crippen LogP contribution in [-0.2, 0) is 7.05 Å². The minimum Gasteiger partial charge on any atom is -0.481 e. The van der Waals surface area contributed by atoms with Gasteiger partial charge in [-0.05, 0) is 23.6 Å². The van der Waals surface area contributed by atoms with Crippen LogP contribution in [0.2, 0.25) is 0 Å². The van der Waals surface area contributed by atoms with E-state index in [1.54, 1.807) is 29.3 Å². The number of methoxy groups -OCH3 is 1. The van der Waals surface area contributed by atoms with Crippen LogP contribution in [-0.4, -0.2) is 21.9 Å². The average Bonchev–Trinajstić information content (AvgIpc) is 3.08. The van der Waals surface area contributed by atoms with Crippen molar-refractivity contribution >= 4 is 17.2 Å². The first-order valence-electron chi connectivity index (χ1n) is 6.08. The van der Waals surface area contributed by atoms with E-state index in [2.05, 4.69) is 10.1 Å². The predicted molar refractivity (Wildman–Crippen MR) is 80.7 cm³/mol. The number of aromatic nitrogens is 3. The second kappa shape index (κ2) is 4.97. The van der Waals surface area contributed by atoms with Gasteiger partial charge in [-0.25, -0.2) is 4.98 Å². The number of nitrogens with zero attached hydrogens (tertiary/aromatic N) is 3. The van der Waals surface area contributed by atoms with E-state index in [9.17, 15) is 0 Å². The molecule has 0 amide bonds. The number of anilines is 1.